The van der Waals surface area contributed by atoms with Crippen LogP contribution in [-0.4, -0.2) is 18.4 Å². The minimum absolute atomic E-state index is 0.0357. The molecule has 2 N–H and O–H groups in total. The number of carbonyl (C=O) groups excluding carboxylic acids is 2. The van der Waals surface area contributed by atoms with Gasteiger partial charge in [0.05, 0.1) is 11.1 Å². The monoisotopic (exact) mass is 482 g/mol. The van der Waals surface area contributed by atoms with Crippen molar-refractivity contribution in [3.05, 3.63) is 89.5 Å². The highest BCUT2D eigenvalue weighted by molar-refractivity contribution is 6.04. The van der Waals surface area contributed by atoms with Crippen LogP contribution in [0, 0.1) is 0 Å². The topological polar surface area (TPSA) is 67.4 Å². The third-order valence-corrected chi connectivity index (χ3v) is 4.41. The summed E-state index contributed by atoms with van der Waals surface area (Å²) in [6, 6.07) is 13.7. The van der Waals surface area contributed by atoms with E-state index in [1.54, 1.807) is 0 Å². The molecule has 3 rings (SSSR count). The molecule has 178 valence electrons. The van der Waals surface area contributed by atoms with Crippen LogP contribution in [0.1, 0.15) is 21.5 Å². The molecule has 3 aromatic carbocycles. The Morgan fingerprint density at radius 3 is 1.71 bits per heavy atom. The molecule has 0 unspecified atom stereocenters. The van der Waals surface area contributed by atoms with E-state index in [4.69, 9.17) is 4.74 Å². The largest absolute Gasteiger partial charge is 0.484 e. The van der Waals surface area contributed by atoms with Gasteiger partial charge in [-0.2, -0.15) is 26.3 Å². The van der Waals surface area contributed by atoms with Crippen molar-refractivity contribution >= 4 is 23.2 Å². The lowest BCUT2D eigenvalue weighted by Crippen LogP contribution is -2.20. The SMILES string of the molecule is O=C(COc1ccc(C(=O)Nc2cccc(C(F)(F)F)c2)cc1)Nc1cccc(C(F)(F)F)c1. The molecule has 0 aliphatic heterocycles. The zero-order valence-electron chi connectivity index (χ0n) is 17.1. The molecule has 0 heterocycles. The third-order valence-electron chi connectivity index (χ3n) is 4.41. The van der Waals surface area contributed by atoms with E-state index in [-0.39, 0.29) is 22.7 Å². The molecule has 5 nitrogen and oxygen atoms in total. The molecule has 2 amide bonds. The number of hydrogen-bond acceptors (Lipinski definition) is 3. The van der Waals surface area contributed by atoms with Crippen LogP contribution in [0.5, 0.6) is 5.75 Å². The van der Waals surface area contributed by atoms with Crippen LogP contribution >= 0.6 is 0 Å². The van der Waals surface area contributed by atoms with Gasteiger partial charge in [-0.3, -0.25) is 9.59 Å². The summed E-state index contributed by atoms with van der Waals surface area (Å²) in [4.78, 5) is 24.2. The fourth-order valence-electron chi connectivity index (χ4n) is 2.80. The van der Waals surface area contributed by atoms with Crippen molar-refractivity contribution in [2.24, 2.45) is 0 Å². The van der Waals surface area contributed by atoms with Crippen LogP contribution in [0.4, 0.5) is 37.7 Å². The Bertz CT molecular complexity index is 1170. The van der Waals surface area contributed by atoms with E-state index in [0.29, 0.717) is 0 Å². The van der Waals surface area contributed by atoms with Crippen LogP contribution in [-0.2, 0) is 17.1 Å². The Hall–Kier alpha value is -4.02. The molecule has 11 heteroatoms. The number of carbonyl (C=O) groups is 2. The van der Waals surface area contributed by atoms with Gasteiger partial charge < -0.3 is 15.4 Å². The van der Waals surface area contributed by atoms with Crippen molar-refractivity contribution in [2.75, 3.05) is 17.2 Å². The Labute approximate surface area is 189 Å². The van der Waals surface area contributed by atoms with Gasteiger partial charge in [0.25, 0.3) is 11.8 Å². The van der Waals surface area contributed by atoms with Crippen molar-refractivity contribution in [2.45, 2.75) is 12.4 Å². The summed E-state index contributed by atoms with van der Waals surface area (Å²) in [7, 11) is 0. The molecule has 0 bridgehead atoms. The molecule has 0 radical (unpaired) electrons. The van der Waals surface area contributed by atoms with E-state index in [1.165, 1.54) is 42.5 Å². The first kappa shape index (κ1) is 24.6. The number of anilines is 2. The van der Waals surface area contributed by atoms with Gasteiger partial charge in [0.15, 0.2) is 6.61 Å². The van der Waals surface area contributed by atoms with Gasteiger partial charge in [0.1, 0.15) is 5.75 Å². The number of halogens is 6. The second kappa shape index (κ2) is 9.86. The van der Waals surface area contributed by atoms with E-state index in [1.807, 2.05) is 0 Å². The van der Waals surface area contributed by atoms with Crippen LogP contribution in [0.3, 0.4) is 0 Å². The standard InChI is InChI=1S/C23H16F6N2O3/c24-22(25,26)15-3-1-5-17(11-15)30-20(32)13-34-19-9-7-14(8-10-19)21(33)31-18-6-2-4-16(12-18)23(27,28)29/h1-12H,13H2,(H,30,32)(H,31,33). The average Bonchev–Trinajstić information content (AvgIpc) is 2.77. The Kier molecular flexibility index (Phi) is 7.14. The van der Waals surface area contributed by atoms with Gasteiger partial charge in [-0.05, 0) is 60.7 Å². The maximum absolute atomic E-state index is 12.8. The van der Waals surface area contributed by atoms with E-state index in [2.05, 4.69) is 10.6 Å². The second-order valence-corrected chi connectivity index (χ2v) is 6.97. The molecule has 0 spiro atoms. The quantitative estimate of drug-likeness (QED) is 0.424. The van der Waals surface area contributed by atoms with E-state index in [0.717, 1.165) is 30.3 Å². The number of alkyl halides is 6. The number of amides is 2. The fraction of sp³-hybridized carbons (Fsp3) is 0.130. The van der Waals surface area contributed by atoms with Gasteiger partial charge >= 0.3 is 12.4 Å². The number of hydrogen-bond donors (Lipinski definition) is 2. The minimum Gasteiger partial charge on any atom is -0.484 e. The smallest absolute Gasteiger partial charge is 0.416 e. The molecule has 0 saturated carbocycles. The highest BCUT2D eigenvalue weighted by Crippen LogP contribution is 2.31. The number of benzene rings is 3. The average molecular weight is 482 g/mol. The fourth-order valence-corrected chi connectivity index (χ4v) is 2.80. The Balaban J connectivity index is 1.55. The molecule has 0 atom stereocenters. The van der Waals surface area contributed by atoms with Crippen molar-refractivity contribution < 1.29 is 40.7 Å². The summed E-state index contributed by atoms with van der Waals surface area (Å²) in [5.41, 5.74) is -1.78. The summed E-state index contributed by atoms with van der Waals surface area (Å²) in [6.45, 7) is -0.508. The lowest BCUT2D eigenvalue weighted by atomic mass is 10.1. The zero-order chi connectivity index (χ0) is 24.9. The summed E-state index contributed by atoms with van der Waals surface area (Å²) >= 11 is 0. The van der Waals surface area contributed by atoms with Crippen molar-refractivity contribution in [3.8, 4) is 5.75 Å². The Morgan fingerprint density at radius 1 is 0.706 bits per heavy atom. The molecule has 0 saturated heterocycles. The third kappa shape index (κ3) is 6.74. The van der Waals surface area contributed by atoms with Crippen molar-refractivity contribution in [1.29, 1.82) is 0 Å². The van der Waals surface area contributed by atoms with Crippen LogP contribution < -0.4 is 15.4 Å². The lowest BCUT2D eigenvalue weighted by Gasteiger charge is -2.11. The van der Waals surface area contributed by atoms with E-state index in [9.17, 15) is 35.9 Å². The molecule has 0 aliphatic rings. The zero-order valence-corrected chi connectivity index (χ0v) is 17.1. The second-order valence-electron chi connectivity index (χ2n) is 6.97. The minimum atomic E-state index is -4.55. The van der Waals surface area contributed by atoms with Gasteiger partial charge in [0, 0.05) is 16.9 Å². The van der Waals surface area contributed by atoms with Crippen molar-refractivity contribution in [3.63, 3.8) is 0 Å². The first-order chi connectivity index (χ1) is 15.9. The van der Waals surface area contributed by atoms with Gasteiger partial charge in [-0.15, -0.1) is 0 Å². The molecule has 0 fully saturated rings. The molecule has 3 aromatic rings. The predicted molar refractivity (Wildman–Crippen MR) is 111 cm³/mol. The Morgan fingerprint density at radius 2 is 1.21 bits per heavy atom. The first-order valence-electron chi connectivity index (χ1n) is 9.60. The summed E-state index contributed by atoms with van der Waals surface area (Å²) in [5, 5.41) is 4.65. The summed E-state index contributed by atoms with van der Waals surface area (Å²) in [5.74, 6) is -1.17. The summed E-state index contributed by atoms with van der Waals surface area (Å²) < 4.78 is 81.8. The normalized spacial score (nSPS) is 11.6. The number of nitrogens with one attached hydrogen (secondary N) is 2. The molecular weight excluding hydrogens is 466 g/mol. The van der Waals surface area contributed by atoms with Crippen LogP contribution in [0.25, 0.3) is 0 Å². The van der Waals surface area contributed by atoms with Crippen molar-refractivity contribution in [1.82, 2.24) is 0 Å². The van der Waals surface area contributed by atoms with E-state index >= 15 is 0 Å². The highest BCUT2D eigenvalue weighted by Gasteiger charge is 2.31. The number of ether oxygens (including phenoxy) is 1. The van der Waals surface area contributed by atoms with Gasteiger partial charge in [-0.1, -0.05) is 12.1 Å². The number of rotatable bonds is 6. The van der Waals surface area contributed by atoms with Gasteiger partial charge in [0.2, 0.25) is 0 Å². The summed E-state index contributed by atoms with van der Waals surface area (Å²) in [6.07, 6.45) is -9.10. The molecule has 0 aromatic heterocycles. The predicted octanol–water partition coefficient (Wildman–Crippen LogP) is 5.99. The molecule has 34 heavy (non-hydrogen) atoms. The van der Waals surface area contributed by atoms with Crippen LogP contribution in [0.15, 0.2) is 72.8 Å². The highest BCUT2D eigenvalue weighted by atomic mass is 19.4. The first-order valence-corrected chi connectivity index (χ1v) is 9.60. The maximum Gasteiger partial charge on any atom is 0.416 e. The molecular formula is C23H16F6N2O3. The van der Waals surface area contributed by atoms with E-state index < -0.39 is 41.9 Å². The van der Waals surface area contributed by atoms with Crippen LogP contribution in [0.2, 0.25) is 0 Å². The lowest BCUT2D eigenvalue weighted by molar-refractivity contribution is -0.138. The molecule has 0 aliphatic carbocycles. The van der Waals surface area contributed by atoms with Gasteiger partial charge in [-0.25, -0.2) is 0 Å². The maximum atomic E-state index is 12.8.